The van der Waals surface area contributed by atoms with Crippen LogP contribution in [-0.4, -0.2) is 23.8 Å². The van der Waals surface area contributed by atoms with Crippen LogP contribution in [0.15, 0.2) is 12.3 Å². The Morgan fingerprint density at radius 3 is 2.55 bits per heavy atom. The highest BCUT2D eigenvalue weighted by Crippen LogP contribution is 1.85. The molecule has 0 rings (SSSR count). The van der Waals surface area contributed by atoms with E-state index in [9.17, 15) is 9.59 Å². The minimum atomic E-state index is -1.28. The van der Waals surface area contributed by atoms with Crippen LogP contribution in [0.1, 0.15) is 6.92 Å². The van der Waals surface area contributed by atoms with E-state index in [1.807, 2.05) is 5.32 Å². The molecule has 0 aromatic carbocycles. The van der Waals surface area contributed by atoms with Crippen LogP contribution in [0.3, 0.4) is 0 Å². The Hall–Kier alpha value is -1.52. The van der Waals surface area contributed by atoms with Gasteiger partial charge in [0.05, 0.1) is 6.61 Å². The second-order valence-corrected chi connectivity index (χ2v) is 1.63. The molecule has 0 aliphatic rings. The van der Waals surface area contributed by atoms with Crippen LogP contribution in [-0.2, 0) is 9.53 Å². The van der Waals surface area contributed by atoms with Crippen molar-refractivity contribution in [2.45, 2.75) is 6.92 Å². The molecule has 0 bridgehead atoms. The Morgan fingerprint density at radius 2 is 2.18 bits per heavy atom. The number of carboxylic acids is 1. The highest BCUT2D eigenvalue weighted by molar-refractivity contribution is 5.89. The Morgan fingerprint density at radius 1 is 1.64 bits per heavy atom. The Balaban J connectivity index is 3.76. The number of alkyl carbamates (subject to hydrolysis) is 1. The highest BCUT2D eigenvalue weighted by atomic mass is 16.5. The van der Waals surface area contributed by atoms with Crippen molar-refractivity contribution in [2.75, 3.05) is 6.61 Å². The molecular formula is C6H9NO4. The quantitative estimate of drug-likeness (QED) is 0.582. The van der Waals surface area contributed by atoms with E-state index in [4.69, 9.17) is 5.11 Å². The first-order chi connectivity index (χ1) is 5.07. The fourth-order valence-electron chi connectivity index (χ4n) is 0.344. The topological polar surface area (TPSA) is 75.6 Å². The lowest BCUT2D eigenvalue weighted by molar-refractivity contribution is -0.133. The van der Waals surface area contributed by atoms with Crippen molar-refractivity contribution in [1.82, 2.24) is 5.32 Å². The van der Waals surface area contributed by atoms with Crippen molar-refractivity contribution < 1.29 is 19.4 Å². The summed E-state index contributed by atoms with van der Waals surface area (Å²) in [6.07, 6.45) is -0.806. The minimum Gasteiger partial charge on any atom is -0.477 e. The van der Waals surface area contributed by atoms with Crippen LogP contribution < -0.4 is 5.32 Å². The van der Waals surface area contributed by atoms with Gasteiger partial charge in [-0.15, -0.1) is 0 Å². The van der Waals surface area contributed by atoms with Gasteiger partial charge in [0.1, 0.15) is 5.70 Å². The van der Waals surface area contributed by atoms with E-state index in [1.54, 1.807) is 6.92 Å². The van der Waals surface area contributed by atoms with Gasteiger partial charge in [0.15, 0.2) is 0 Å². The molecule has 0 atom stereocenters. The maximum atomic E-state index is 10.5. The standard InChI is InChI=1S/C6H9NO4/c1-3-11-6(10)7-4(2)5(8)9/h2-3H2,1H3,(H,7,10)(H,8,9). The van der Waals surface area contributed by atoms with Crippen LogP contribution in [0, 0.1) is 0 Å². The number of hydrogen-bond donors (Lipinski definition) is 2. The van der Waals surface area contributed by atoms with Gasteiger partial charge in [-0.05, 0) is 6.92 Å². The maximum absolute atomic E-state index is 10.5. The third-order valence-electron chi connectivity index (χ3n) is 0.787. The lowest BCUT2D eigenvalue weighted by atomic mass is 10.5. The Bertz CT molecular complexity index is 187. The van der Waals surface area contributed by atoms with Gasteiger partial charge in [0, 0.05) is 0 Å². The summed E-state index contributed by atoms with van der Waals surface area (Å²) in [4.78, 5) is 20.6. The fraction of sp³-hybridized carbons (Fsp3) is 0.333. The lowest BCUT2D eigenvalue weighted by Crippen LogP contribution is -2.27. The first kappa shape index (κ1) is 9.48. The Kier molecular flexibility index (Phi) is 3.72. The van der Waals surface area contributed by atoms with Gasteiger partial charge in [0.25, 0.3) is 0 Å². The van der Waals surface area contributed by atoms with Crippen molar-refractivity contribution >= 4 is 12.1 Å². The van der Waals surface area contributed by atoms with Gasteiger partial charge in [-0.25, -0.2) is 9.59 Å². The number of amides is 1. The first-order valence-electron chi connectivity index (χ1n) is 2.94. The molecule has 1 amide bonds. The summed E-state index contributed by atoms with van der Waals surface area (Å²) in [5, 5.41) is 10.2. The molecule has 0 spiro atoms. The largest absolute Gasteiger partial charge is 0.477 e. The maximum Gasteiger partial charge on any atom is 0.411 e. The summed E-state index contributed by atoms with van der Waals surface area (Å²) >= 11 is 0. The molecule has 0 unspecified atom stereocenters. The number of carbonyl (C=O) groups is 2. The number of rotatable bonds is 3. The predicted octanol–water partition coefficient (Wildman–Crippen LogP) is 0.331. The van der Waals surface area contributed by atoms with E-state index in [0.717, 1.165) is 0 Å². The van der Waals surface area contributed by atoms with Crippen molar-refractivity contribution in [1.29, 1.82) is 0 Å². The van der Waals surface area contributed by atoms with E-state index in [0.29, 0.717) is 0 Å². The molecule has 0 fully saturated rings. The molecule has 0 aromatic heterocycles. The molecule has 2 N–H and O–H groups in total. The van der Waals surface area contributed by atoms with Crippen LogP contribution in [0.4, 0.5) is 4.79 Å². The molecule has 0 heterocycles. The second-order valence-electron chi connectivity index (χ2n) is 1.63. The second kappa shape index (κ2) is 4.32. The molecule has 0 aromatic rings. The van der Waals surface area contributed by atoms with Gasteiger partial charge in [-0.3, -0.25) is 5.32 Å². The third-order valence-corrected chi connectivity index (χ3v) is 0.787. The predicted molar refractivity (Wildman–Crippen MR) is 36.9 cm³/mol. The first-order valence-corrected chi connectivity index (χ1v) is 2.94. The molecule has 62 valence electrons. The van der Waals surface area contributed by atoms with Crippen molar-refractivity contribution in [3.05, 3.63) is 12.3 Å². The summed E-state index contributed by atoms with van der Waals surface area (Å²) in [6.45, 7) is 4.87. The van der Waals surface area contributed by atoms with Gasteiger partial charge in [-0.2, -0.15) is 0 Å². The van der Waals surface area contributed by atoms with Crippen LogP contribution in [0.2, 0.25) is 0 Å². The van der Waals surface area contributed by atoms with Crippen molar-refractivity contribution in [2.24, 2.45) is 0 Å². The summed E-state index contributed by atoms with van der Waals surface area (Å²) in [5.41, 5.74) is -0.400. The molecule has 5 heteroatoms. The van der Waals surface area contributed by atoms with E-state index in [1.165, 1.54) is 0 Å². The lowest BCUT2D eigenvalue weighted by Gasteiger charge is -2.02. The smallest absolute Gasteiger partial charge is 0.411 e. The zero-order valence-corrected chi connectivity index (χ0v) is 6.09. The monoisotopic (exact) mass is 159 g/mol. The average Bonchev–Trinajstić information content (AvgIpc) is 1.87. The Labute approximate surface area is 63.7 Å². The number of ether oxygens (including phenoxy) is 1. The highest BCUT2D eigenvalue weighted by Gasteiger charge is 2.07. The number of hydrogen-bond acceptors (Lipinski definition) is 3. The molecule has 5 nitrogen and oxygen atoms in total. The van der Waals surface area contributed by atoms with Crippen LogP contribution >= 0.6 is 0 Å². The van der Waals surface area contributed by atoms with Gasteiger partial charge < -0.3 is 9.84 Å². The molecule has 0 aliphatic heterocycles. The number of carboxylic acid groups (broad SMARTS) is 1. The number of nitrogens with one attached hydrogen (secondary N) is 1. The zero-order chi connectivity index (χ0) is 8.85. The molecular weight excluding hydrogens is 150 g/mol. The SMILES string of the molecule is C=C(NC(=O)OCC)C(=O)O. The average molecular weight is 159 g/mol. The fourth-order valence-corrected chi connectivity index (χ4v) is 0.344. The summed E-state index contributed by atoms with van der Waals surface area (Å²) in [6, 6.07) is 0. The molecule has 0 radical (unpaired) electrons. The van der Waals surface area contributed by atoms with E-state index in [-0.39, 0.29) is 6.61 Å². The van der Waals surface area contributed by atoms with Crippen molar-refractivity contribution in [3.8, 4) is 0 Å². The minimum absolute atomic E-state index is 0.193. The van der Waals surface area contributed by atoms with Crippen LogP contribution in [0.25, 0.3) is 0 Å². The summed E-state index contributed by atoms with van der Waals surface area (Å²) in [7, 11) is 0. The van der Waals surface area contributed by atoms with Gasteiger partial charge in [-0.1, -0.05) is 6.58 Å². The molecule has 11 heavy (non-hydrogen) atoms. The molecule has 0 aliphatic carbocycles. The summed E-state index contributed by atoms with van der Waals surface area (Å²) in [5.74, 6) is -1.28. The third kappa shape index (κ3) is 3.96. The van der Waals surface area contributed by atoms with Gasteiger partial charge in [0.2, 0.25) is 0 Å². The van der Waals surface area contributed by atoms with E-state index < -0.39 is 17.8 Å². The van der Waals surface area contributed by atoms with E-state index in [2.05, 4.69) is 11.3 Å². The molecule has 0 saturated carbocycles. The van der Waals surface area contributed by atoms with Gasteiger partial charge >= 0.3 is 12.1 Å². The van der Waals surface area contributed by atoms with Crippen LogP contribution in [0.5, 0.6) is 0 Å². The zero-order valence-electron chi connectivity index (χ0n) is 6.09. The van der Waals surface area contributed by atoms with E-state index >= 15 is 0 Å². The number of aliphatic carboxylic acids is 1. The van der Waals surface area contributed by atoms with Crippen molar-refractivity contribution in [3.63, 3.8) is 0 Å². The molecule has 0 saturated heterocycles. The summed E-state index contributed by atoms with van der Waals surface area (Å²) < 4.78 is 4.39. The normalized spacial score (nSPS) is 8.45. The number of carbonyl (C=O) groups excluding carboxylic acids is 1.